The largest absolute Gasteiger partial charge is 0.382 e. The summed E-state index contributed by atoms with van der Waals surface area (Å²) in [6.07, 6.45) is 8.75. The van der Waals surface area contributed by atoms with Gasteiger partial charge in [0, 0.05) is 43.6 Å². The number of rotatable bonds is 7. The van der Waals surface area contributed by atoms with Crippen molar-refractivity contribution >= 4 is 23.4 Å². The zero-order chi connectivity index (χ0) is 20.1. The number of carbonyl (C=O) groups excluding carboxylic acids is 1. The Morgan fingerprint density at radius 1 is 1.46 bits per heavy atom. The van der Waals surface area contributed by atoms with Gasteiger partial charge in [-0.1, -0.05) is 12.2 Å². The molecular formula is C21H26F2N4O. The summed E-state index contributed by atoms with van der Waals surface area (Å²) in [4.78, 5) is 14.2. The Hall–Kier alpha value is -2.54. The molecule has 2 aliphatic rings. The van der Waals surface area contributed by atoms with Crippen molar-refractivity contribution in [1.29, 1.82) is 5.41 Å². The van der Waals surface area contributed by atoms with Crippen LogP contribution in [0.1, 0.15) is 24.8 Å². The van der Waals surface area contributed by atoms with Crippen LogP contribution >= 0.6 is 0 Å². The highest BCUT2D eigenvalue weighted by Gasteiger charge is 2.49. The van der Waals surface area contributed by atoms with Gasteiger partial charge in [0.05, 0.1) is 0 Å². The summed E-state index contributed by atoms with van der Waals surface area (Å²) in [5.41, 5.74) is 1.04. The van der Waals surface area contributed by atoms with E-state index in [4.69, 9.17) is 5.41 Å². The SMILES string of the molecule is CN1CCC2(CCC(C=CC(=CC=N)c3cc(NCCF)ccc3F)N2)C1=O. The lowest BCUT2D eigenvalue weighted by molar-refractivity contribution is -0.131. The van der Waals surface area contributed by atoms with Crippen molar-refractivity contribution in [2.45, 2.75) is 30.8 Å². The summed E-state index contributed by atoms with van der Waals surface area (Å²) in [6, 6.07) is 4.52. The van der Waals surface area contributed by atoms with Crippen molar-refractivity contribution < 1.29 is 13.6 Å². The summed E-state index contributed by atoms with van der Waals surface area (Å²) in [5.74, 6) is -0.275. The van der Waals surface area contributed by atoms with Crippen molar-refractivity contribution in [2.75, 3.05) is 32.1 Å². The minimum Gasteiger partial charge on any atom is -0.382 e. The molecule has 2 atom stereocenters. The van der Waals surface area contributed by atoms with Gasteiger partial charge in [-0.05, 0) is 49.1 Å². The summed E-state index contributed by atoms with van der Waals surface area (Å²) in [5, 5.41) is 13.7. The molecule has 2 fully saturated rings. The molecular weight excluding hydrogens is 362 g/mol. The lowest BCUT2D eigenvalue weighted by atomic mass is 9.96. The number of hydrogen-bond acceptors (Lipinski definition) is 4. The molecule has 150 valence electrons. The smallest absolute Gasteiger partial charge is 0.242 e. The number of benzene rings is 1. The summed E-state index contributed by atoms with van der Waals surface area (Å²) in [7, 11) is 1.82. The number of likely N-dealkylation sites (tertiary alicyclic amines) is 1. The van der Waals surface area contributed by atoms with Crippen molar-refractivity contribution in [2.24, 2.45) is 0 Å². The number of alkyl halides is 1. The zero-order valence-electron chi connectivity index (χ0n) is 16.0. The van der Waals surface area contributed by atoms with Crippen molar-refractivity contribution in [3.05, 3.63) is 47.8 Å². The van der Waals surface area contributed by atoms with Crippen LogP contribution in [-0.4, -0.2) is 55.4 Å². The molecule has 3 N–H and O–H groups in total. The number of nitrogens with one attached hydrogen (secondary N) is 3. The molecule has 1 amide bonds. The molecule has 0 aromatic heterocycles. The van der Waals surface area contributed by atoms with Gasteiger partial charge in [0.2, 0.25) is 5.91 Å². The number of nitrogens with zero attached hydrogens (tertiary/aromatic N) is 1. The van der Waals surface area contributed by atoms with Crippen LogP contribution in [0.25, 0.3) is 5.57 Å². The average molecular weight is 388 g/mol. The molecule has 3 rings (SSSR count). The Labute approximate surface area is 164 Å². The maximum absolute atomic E-state index is 14.4. The van der Waals surface area contributed by atoms with Crippen molar-refractivity contribution in [3.63, 3.8) is 0 Å². The Bertz CT molecular complexity index is 808. The first-order valence-corrected chi connectivity index (χ1v) is 9.51. The molecule has 2 aliphatic heterocycles. The quantitative estimate of drug-likeness (QED) is 0.497. The minimum absolute atomic E-state index is 0.0143. The van der Waals surface area contributed by atoms with E-state index in [1.54, 1.807) is 23.1 Å². The highest BCUT2D eigenvalue weighted by molar-refractivity contribution is 5.89. The van der Waals surface area contributed by atoms with Gasteiger partial charge >= 0.3 is 0 Å². The van der Waals surface area contributed by atoms with Crippen LogP contribution in [0.4, 0.5) is 14.5 Å². The van der Waals surface area contributed by atoms with E-state index in [-0.39, 0.29) is 18.5 Å². The van der Waals surface area contributed by atoms with E-state index in [0.29, 0.717) is 16.8 Å². The van der Waals surface area contributed by atoms with Crippen LogP contribution in [0.5, 0.6) is 0 Å². The van der Waals surface area contributed by atoms with Gasteiger partial charge in [0.15, 0.2) is 0 Å². The lowest BCUT2D eigenvalue weighted by Crippen LogP contribution is -2.48. The number of amides is 1. The fourth-order valence-electron chi connectivity index (χ4n) is 3.94. The van der Waals surface area contributed by atoms with E-state index >= 15 is 0 Å². The summed E-state index contributed by atoms with van der Waals surface area (Å²) < 4.78 is 26.8. The summed E-state index contributed by atoms with van der Waals surface area (Å²) in [6.45, 7) is 0.394. The highest BCUT2D eigenvalue weighted by atomic mass is 19.1. The van der Waals surface area contributed by atoms with Crippen LogP contribution in [0.3, 0.4) is 0 Å². The van der Waals surface area contributed by atoms with Gasteiger partial charge < -0.3 is 15.6 Å². The summed E-state index contributed by atoms with van der Waals surface area (Å²) >= 11 is 0. The van der Waals surface area contributed by atoms with Gasteiger partial charge in [-0.15, -0.1) is 0 Å². The first-order valence-electron chi connectivity index (χ1n) is 9.51. The second-order valence-corrected chi connectivity index (χ2v) is 7.31. The number of hydrogen-bond donors (Lipinski definition) is 3. The fraction of sp³-hybridized carbons (Fsp3) is 0.429. The van der Waals surface area contributed by atoms with Gasteiger partial charge in [-0.3, -0.25) is 10.1 Å². The van der Waals surface area contributed by atoms with Crippen LogP contribution in [0.2, 0.25) is 0 Å². The molecule has 5 nitrogen and oxygen atoms in total. The predicted molar refractivity (Wildman–Crippen MR) is 108 cm³/mol. The van der Waals surface area contributed by atoms with Crippen LogP contribution in [0, 0.1) is 11.2 Å². The molecule has 2 unspecified atom stereocenters. The molecule has 0 aliphatic carbocycles. The molecule has 0 saturated carbocycles. The molecule has 28 heavy (non-hydrogen) atoms. The molecule has 0 bridgehead atoms. The zero-order valence-corrected chi connectivity index (χ0v) is 16.0. The maximum Gasteiger partial charge on any atom is 0.242 e. The topological polar surface area (TPSA) is 68.2 Å². The number of anilines is 1. The molecule has 2 heterocycles. The van der Waals surface area contributed by atoms with Gasteiger partial charge in [-0.25, -0.2) is 8.78 Å². The van der Waals surface area contributed by atoms with E-state index in [1.165, 1.54) is 12.1 Å². The minimum atomic E-state index is -0.515. The maximum atomic E-state index is 14.4. The Kier molecular flexibility index (Phi) is 6.24. The van der Waals surface area contributed by atoms with Crippen LogP contribution in [0.15, 0.2) is 36.4 Å². The Morgan fingerprint density at radius 2 is 2.29 bits per heavy atom. The van der Waals surface area contributed by atoms with E-state index in [9.17, 15) is 13.6 Å². The average Bonchev–Trinajstić information content (AvgIpc) is 3.24. The molecule has 2 saturated heterocycles. The normalized spacial score (nSPS) is 25.2. The third-order valence-corrected chi connectivity index (χ3v) is 5.45. The fourth-order valence-corrected chi connectivity index (χ4v) is 3.94. The monoisotopic (exact) mass is 388 g/mol. The second kappa shape index (κ2) is 8.65. The third kappa shape index (κ3) is 4.14. The van der Waals surface area contributed by atoms with Gasteiger partial charge in [0.1, 0.15) is 18.0 Å². The van der Waals surface area contributed by atoms with Crippen LogP contribution < -0.4 is 10.6 Å². The third-order valence-electron chi connectivity index (χ3n) is 5.45. The molecule has 7 heteroatoms. The molecule has 1 aromatic carbocycles. The van der Waals surface area contributed by atoms with E-state index in [1.807, 2.05) is 13.1 Å². The Morgan fingerprint density at radius 3 is 2.96 bits per heavy atom. The molecule has 1 aromatic rings. The highest BCUT2D eigenvalue weighted by Crippen LogP contribution is 2.34. The van der Waals surface area contributed by atoms with E-state index in [2.05, 4.69) is 10.6 Å². The van der Waals surface area contributed by atoms with Crippen LogP contribution in [-0.2, 0) is 4.79 Å². The van der Waals surface area contributed by atoms with E-state index in [0.717, 1.165) is 32.0 Å². The first kappa shape index (κ1) is 20.2. The molecule has 1 spiro atoms. The van der Waals surface area contributed by atoms with Crippen molar-refractivity contribution in [3.8, 4) is 0 Å². The molecule has 0 radical (unpaired) electrons. The van der Waals surface area contributed by atoms with Crippen molar-refractivity contribution in [1.82, 2.24) is 10.2 Å². The lowest BCUT2D eigenvalue weighted by Gasteiger charge is -2.22. The predicted octanol–water partition coefficient (Wildman–Crippen LogP) is 3.15. The number of likely N-dealkylation sites (N-methyl/N-ethyl adjacent to an activating group) is 1. The standard InChI is InChI=1S/C21H26F2N4O/c1-27-13-9-21(20(27)28)8-6-16(26-21)3-2-15(7-11-24)18-14-17(25-12-10-22)4-5-19(18)23/h2-5,7,11,14,16,24-26H,6,8-10,12-13H2,1H3. The van der Waals surface area contributed by atoms with E-state index < -0.39 is 18.0 Å². The number of allylic oxidation sites excluding steroid dienone is 3. The van der Waals surface area contributed by atoms with Gasteiger partial charge in [0.25, 0.3) is 0 Å². The first-order chi connectivity index (χ1) is 13.5. The number of carbonyl (C=O) groups is 1. The van der Waals surface area contributed by atoms with Gasteiger partial charge in [-0.2, -0.15) is 0 Å². The second-order valence-electron chi connectivity index (χ2n) is 7.31. The number of halogens is 2. The Balaban J connectivity index is 1.77.